The van der Waals surface area contributed by atoms with Crippen molar-refractivity contribution < 1.29 is 18.6 Å². The van der Waals surface area contributed by atoms with Crippen LogP contribution in [0.15, 0.2) is 47.4 Å². The number of halogens is 2. The monoisotopic (exact) mass is 392 g/mol. The number of nitrogens with zero attached hydrogens (tertiary/aromatic N) is 1. The summed E-state index contributed by atoms with van der Waals surface area (Å²) in [6, 6.07) is 9.26. The average Bonchev–Trinajstić information content (AvgIpc) is 3.02. The molecule has 0 saturated carbocycles. The first-order chi connectivity index (χ1) is 12.9. The van der Waals surface area contributed by atoms with E-state index >= 15 is 0 Å². The molecule has 0 amide bonds. The van der Waals surface area contributed by atoms with Crippen LogP contribution in [-0.2, 0) is 18.8 Å². The second kappa shape index (κ2) is 7.87. The van der Waals surface area contributed by atoms with Crippen molar-refractivity contribution in [1.82, 2.24) is 9.97 Å². The summed E-state index contributed by atoms with van der Waals surface area (Å²) in [4.78, 5) is 16.0. The van der Waals surface area contributed by atoms with E-state index in [4.69, 9.17) is 4.74 Å². The molecule has 8 heteroatoms. The Morgan fingerprint density at radius 2 is 1.96 bits per heavy atom. The summed E-state index contributed by atoms with van der Waals surface area (Å²) in [6.45, 7) is 2.43. The van der Waals surface area contributed by atoms with Gasteiger partial charge >= 0.3 is 10.8 Å². The molecule has 0 aliphatic heterocycles. The van der Waals surface area contributed by atoms with Gasteiger partial charge in [-0.15, -0.1) is 0 Å². The second-order valence-electron chi connectivity index (χ2n) is 5.90. The first kappa shape index (κ1) is 19.0. The maximum absolute atomic E-state index is 14.5. The van der Waals surface area contributed by atoms with Crippen LogP contribution in [0.1, 0.15) is 28.6 Å². The Labute approximate surface area is 158 Å². The van der Waals surface area contributed by atoms with Gasteiger partial charge in [-0.2, -0.15) is 8.78 Å². The first-order valence-electron chi connectivity index (χ1n) is 8.37. The number of aromatic amines is 1. The van der Waals surface area contributed by atoms with Crippen molar-refractivity contribution in [2.45, 2.75) is 25.7 Å². The highest BCUT2D eigenvalue weighted by atomic mass is 32.1. The summed E-state index contributed by atoms with van der Waals surface area (Å²) < 4.78 is 34.5. The lowest BCUT2D eigenvalue weighted by Gasteiger charge is -2.15. The van der Waals surface area contributed by atoms with E-state index in [1.165, 1.54) is 24.3 Å². The standard InChI is InChI=1S/C19H18F2N2O3S/c1-2-12-3-6-14(22-11-12)9-10-26-15-7-4-13(5-8-15)19(20,21)16-17(24)23-18(25)27-16/h3-8,11,24H,2,9-10H2,1H3,(H,23,25). The molecule has 0 bridgehead atoms. The van der Waals surface area contributed by atoms with Gasteiger partial charge in [0, 0.05) is 23.9 Å². The minimum atomic E-state index is -3.47. The van der Waals surface area contributed by atoms with Crippen LogP contribution >= 0.6 is 11.3 Å². The fourth-order valence-corrected chi connectivity index (χ4v) is 3.24. The SMILES string of the molecule is CCc1ccc(CCOc2ccc(C(F)(F)c3sc(=O)[nH]c3O)cc2)nc1. The molecule has 0 radical (unpaired) electrons. The molecule has 0 unspecified atom stereocenters. The van der Waals surface area contributed by atoms with E-state index in [1.54, 1.807) is 0 Å². The van der Waals surface area contributed by atoms with Gasteiger partial charge in [-0.05, 0) is 42.3 Å². The normalized spacial score (nSPS) is 11.5. The summed E-state index contributed by atoms with van der Waals surface area (Å²) in [5.41, 5.74) is 1.72. The van der Waals surface area contributed by atoms with Crippen LogP contribution in [0, 0.1) is 0 Å². The highest BCUT2D eigenvalue weighted by molar-refractivity contribution is 7.09. The average molecular weight is 392 g/mol. The smallest absolute Gasteiger partial charge is 0.312 e. The minimum absolute atomic E-state index is 0.285. The van der Waals surface area contributed by atoms with E-state index in [2.05, 4.69) is 11.9 Å². The number of hydrogen-bond donors (Lipinski definition) is 2. The minimum Gasteiger partial charge on any atom is -0.494 e. The van der Waals surface area contributed by atoms with Gasteiger partial charge in [0.05, 0.1) is 6.61 Å². The Bertz CT molecular complexity index is 950. The third-order valence-electron chi connectivity index (χ3n) is 4.05. The summed E-state index contributed by atoms with van der Waals surface area (Å²) in [5, 5.41) is 9.48. The van der Waals surface area contributed by atoms with Crippen molar-refractivity contribution >= 4 is 11.3 Å². The molecule has 0 fully saturated rings. The van der Waals surface area contributed by atoms with Crippen molar-refractivity contribution in [1.29, 1.82) is 0 Å². The van der Waals surface area contributed by atoms with E-state index in [9.17, 15) is 18.7 Å². The van der Waals surface area contributed by atoms with Crippen LogP contribution < -0.4 is 9.61 Å². The molecule has 2 N–H and O–H groups in total. The quantitative estimate of drug-likeness (QED) is 0.640. The summed E-state index contributed by atoms with van der Waals surface area (Å²) in [6.07, 6.45) is 3.36. The highest BCUT2D eigenvalue weighted by Crippen LogP contribution is 2.41. The molecule has 0 spiro atoms. The number of pyridine rings is 1. The molecule has 27 heavy (non-hydrogen) atoms. The third-order valence-corrected chi connectivity index (χ3v) is 4.99. The van der Waals surface area contributed by atoms with E-state index in [0.717, 1.165) is 17.7 Å². The first-order valence-corrected chi connectivity index (χ1v) is 9.19. The highest BCUT2D eigenvalue weighted by Gasteiger charge is 2.39. The van der Waals surface area contributed by atoms with Gasteiger partial charge in [-0.3, -0.25) is 14.8 Å². The molecule has 0 atom stereocenters. The molecule has 3 rings (SSSR count). The van der Waals surface area contributed by atoms with Crippen molar-refractivity contribution in [3.8, 4) is 11.6 Å². The number of rotatable bonds is 7. The van der Waals surface area contributed by atoms with Crippen LogP contribution in [0.5, 0.6) is 11.6 Å². The maximum Gasteiger partial charge on any atom is 0.312 e. The Hall–Kier alpha value is -2.74. The van der Waals surface area contributed by atoms with Crippen molar-refractivity contribution in [3.05, 3.63) is 74.0 Å². The molecule has 3 aromatic rings. The number of H-pyrrole nitrogens is 1. The maximum atomic E-state index is 14.5. The molecule has 0 aliphatic rings. The second-order valence-corrected chi connectivity index (χ2v) is 6.88. The van der Waals surface area contributed by atoms with Gasteiger partial charge in [0.1, 0.15) is 10.6 Å². The number of aromatic hydroxyl groups is 1. The van der Waals surface area contributed by atoms with E-state index in [-0.39, 0.29) is 16.9 Å². The predicted octanol–water partition coefficient (Wildman–Crippen LogP) is 3.86. The lowest BCUT2D eigenvalue weighted by atomic mass is 10.1. The topological polar surface area (TPSA) is 75.2 Å². The lowest BCUT2D eigenvalue weighted by Crippen LogP contribution is -2.13. The van der Waals surface area contributed by atoms with Crippen molar-refractivity contribution in [2.24, 2.45) is 0 Å². The Kier molecular flexibility index (Phi) is 5.55. The number of hydrogen-bond acceptors (Lipinski definition) is 5. The number of nitrogens with one attached hydrogen (secondary N) is 1. The number of alkyl halides is 2. The molecule has 0 aliphatic carbocycles. The molecule has 0 saturated heterocycles. The van der Waals surface area contributed by atoms with Crippen LogP contribution in [0.2, 0.25) is 0 Å². The van der Waals surface area contributed by atoms with Gasteiger partial charge in [0.15, 0.2) is 0 Å². The fourth-order valence-electron chi connectivity index (χ4n) is 2.51. The molecule has 2 aromatic heterocycles. The number of aromatic nitrogens is 2. The number of benzene rings is 1. The molecule has 5 nitrogen and oxygen atoms in total. The van der Waals surface area contributed by atoms with Crippen LogP contribution in [0.4, 0.5) is 8.78 Å². The van der Waals surface area contributed by atoms with Gasteiger partial charge in [-0.1, -0.05) is 24.3 Å². The summed E-state index contributed by atoms with van der Waals surface area (Å²) in [5.74, 6) is -3.83. The Morgan fingerprint density at radius 1 is 1.22 bits per heavy atom. The van der Waals surface area contributed by atoms with Crippen LogP contribution in [0.3, 0.4) is 0 Å². The molecule has 1 aromatic carbocycles. The summed E-state index contributed by atoms with van der Waals surface area (Å²) in [7, 11) is 0. The van der Waals surface area contributed by atoms with Gasteiger partial charge in [0.25, 0.3) is 0 Å². The fraction of sp³-hybridized carbons (Fsp3) is 0.263. The molecule has 142 valence electrons. The van der Waals surface area contributed by atoms with Crippen LogP contribution in [-0.4, -0.2) is 21.7 Å². The van der Waals surface area contributed by atoms with Crippen molar-refractivity contribution in [2.75, 3.05) is 6.61 Å². The zero-order chi connectivity index (χ0) is 19.4. The molecular formula is C19H18F2N2O3S. The van der Waals surface area contributed by atoms with Gasteiger partial charge in [0.2, 0.25) is 5.88 Å². The molecular weight excluding hydrogens is 374 g/mol. The Balaban J connectivity index is 1.62. The number of thiazole rings is 1. The zero-order valence-electron chi connectivity index (χ0n) is 14.5. The lowest BCUT2D eigenvalue weighted by molar-refractivity contribution is 0.0441. The van der Waals surface area contributed by atoms with Crippen molar-refractivity contribution in [3.63, 3.8) is 0 Å². The molecule has 2 heterocycles. The largest absolute Gasteiger partial charge is 0.494 e. The van der Waals surface area contributed by atoms with Gasteiger partial charge < -0.3 is 9.84 Å². The van der Waals surface area contributed by atoms with E-state index in [0.29, 0.717) is 18.8 Å². The third kappa shape index (κ3) is 4.33. The summed E-state index contributed by atoms with van der Waals surface area (Å²) >= 11 is 0.285. The number of ether oxygens (including phenoxy) is 1. The zero-order valence-corrected chi connectivity index (χ0v) is 15.4. The number of aryl methyl sites for hydroxylation is 1. The Morgan fingerprint density at radius 3 is 2.52 bits per heavy atom. The predicted molar refractivity (Wildman–Crippen MR) is 98.9 cm³/mol. The van der Waals surface area contributed by atoms with Gasteiger partial charge in [-0.25, -0.2) is 0 Å². The van der Waals surface area contributed by atoms with Crippen LogP contribution in [0.25, 0.3) is 0 Å². The van der Waals surface area contributed by atoms with E-state index in [1.807, 2.05) is 23.3 Å². The van der Waals surface area contributed by atoms with E-state index < -0.39 is 21.6 Å².